The fraction of sp³-hybridized carbons (Fsp3) is 0.164. The van der Waals surface area contributed by atoms with Crippen molar-refractivity contribution in [3.05, 3.63) is 197 Å². The fourth-order valence-electron chi connectivity index (χ4n) is 11.8. The standard InChI is InChI=1S/C55H43BN2Se/c1-55(37-17-6-3-7-18-37)44-29-27-36(35-15-4-2-5-16-35)31-47(44)56-46-30-28-38(57-48-23-11-8-21-42(48)43-22-14-26-51(43)57)33-52(46)59-53-34-39(32-45(55)54(53)56)58-49-24-12-9-19-40(49)41-20-10-13-25-50(41)58/h2-9,11-12,15-19,21,23-24,27-34H,10,13-14,20,22,25-26H2,1H3. The van der Waals surface area contributed by atoms with E-state index in [1.807, 2.05) is 0 Å². The molecule has 2 aromatic heterocycles. The average Bonchev–Trinajstić information content (AvgIpc) is 3.99. The Labute approximate surface area is 352 Å². The number of fused-ring (bicyclic) bond motifs is 10. The zero-order valence-electron chi connectivity index (χ0n) is 33.3. The van der Waals surface area contributed by atoms with Gasteiger partial charge in [0.1, 0.15) is 0 Å². The molecule has 13 rings (SSSR count). The van der Waals surface area contributed by atoms with Gasteiger partial charge in [-0.05, 0) is 0 Å². The van der Waals surface area contributed by atoms with Crippen molar-refractivity contribution >= 4 is 68.8 Å². The molecule has 4 heterocycles. The summed E-state index contributed by atoms with van der Waals surface area (Å²) in [6.07, 6.45) is 8.38. The Bertz CT molecular complexity index is 3190. The second-order valence-corrected chi connectivity index (χ2v) is 19.7. The Morgan fingerprint density at radius 3 is 1.88 bits per heavy atom. The number of nitrogens with zero attached hydrogens (tertiary/aromatic N) is 2. The molecule has 0 bridgehead atoms. The maximum absolute atomic E-state index is 2.67. The molecule has 59 heavy (non-hydrogen) atoms. The molecule has 2 nitrogen and oxygen atoms in total. The van der Waals surface area contributed by atoms with Crippen LogP contribution < -0.4 is 25.3 Å². The van der Waals surface area contributed by atoms with Crippen LogP contribution in [0.4, 0.5) is 0 Å². The van der Waals surface area contributed by atoms with Gasteiger partial charge in [0.15, 0.2) is 0 Å². The van der Waals surface area contributed by atoms with Gasteiger partial charge in [-0.1, -0.05) is 0 Å². The Morgan fingerprint density at radius 2 is 1.12 bits per heavy atom. The van der Waals surface area contributed by atoms with Crippen molar-refractivity contribution in [1.29, 1.82) is 0 Å². The summed E-state index contributed by atoms with van der Waals surface area (Å²) in [7, 11) is 0. The number of aromatic nitrogens is 2. The van der Waals surface area contributed by atoms with Crippen LogP contribution in [0.25, 0.3) is 44.3 Å². The van der Waals surface area contributed by atoms with Gasteiger partial charge in [0.05, 0.1) is 0 Å². The molecule has 1 unspecified atom stereocenters. The third-order valence-electron chi connectivity index (χ3n) is 14.5. The SMILES string of the molecule is CC1(c2ccccc2)c2ccc(-c3ccccc3)cc2B2c3ccc(-n4c5c(c6ccccc64)CCC5)cc3[Se]c3cc(-n4c5c(c6ccccc64)CCCC5)cc1c32. The van der Waals surface area contributed by atoms with Gasteiger partial charge >= 0.3 is 355 Å². The second kappa shape index (κ2) is 12.9. The minimum atomic E-state index is -0.344. The van der Waals surface area contributed by atoms with E-state index in [2.05, 4.69) is 174 Å². The number of rotatable bonds is 4. The van der Waals surface area contributed by atoms with E-state index in [1.54, 1.807) is 11.1 Å². The van der Waals surface area contributed by atoms with Crippen molar-refractivity contribution < 1.29 is 0 Å². The van der Waals surface area contributed by atoms with E-state index in [0.29, 0.717) is 0 Å². The van der Waals surface area contributed by atoms with Crippen molar-refractivity contribution in [2.24, 2.45) is 0 Å². The summed E-state index contributed by atoms with van der Waals surface area (Å²) in [5.41, 5.74) is 22.4. The van der Waals surface area contributed by atoms with Crippen LogP contribution in [0.5, 0.6) is 0 Å². The van der Waals surface area contributed by atoms with Crippen molar-refractivity contribution in [3.63, 3.8) is 0 Å². The van der Waals surface area contributed by atoms with Crippen molar-refractivity contribution in [2.75, 3.05) is 0 Å². The van der Waals surface area contributed by atoms with Gasteiger partial charge in [-0.25, -0.2) is 0 Å². The van der Waals surface area contributed by atoms with Gasteiger partial charge in [-0.3, -0.25) is 0 Å². The molecule has 4 aliphatic rings. The van der Waals surface area contributed by atoms with Crippen LogP contribution in [0.1, 0.15) is 65.4 Å². The summed E-state index contributed by atoms with van der Waals surface area (Å²) >= 11 is 0.100. The fourth-order valence-corrected chi connectivity index (χ4v) is 14.4. The van der Waals surface area contributed by atoms with Crippen LogP contribution in [-0.4, -0.2) is 30.8 Å². The Balaban J connectivity index is 1.11. The summed E-state index contributed by atoms with van der Waals surface area (Å²) in [4.78, 5) is 0. The Hall–Kier alpha value is -5.80. The first kappa shape index (κ1) is 34.1. The molecular formula is C55H43BN2Se. The number of benzene rings is 7. The van der Waals surface area contributed by atoms with Crippen LogP contribution >= 0.6 is 0 Å². The average molecular weight is 822 g/mol. The van der Waals surface area contributed by atoms with Crippen molar-refractivity contribution in [2.45, 2.75) is 57.3 Å². The Kier molecular flexibility index (Phi) is 7.43. The van der Waals surface area contributed by atoms with Crippen LogP contribution in [0.3, 0.4) is 0 Å². The van der Waals surface area contributed by atoms with E-state index >= 15 is 0 Å². The van der Waals surface area contributed by atoms with Crippen LogP contribution in [-0.2, 0) is 31.1 Å². The molecule has 7 aromatic carbocycles. The monoisotopic (exact) mass is 822 g/mol. The van der Waals surface area contributed by atoms with E-state index in [-0.39, 0.29) is 27.1 Å². The topological polar surface area (TPSA) is 9.86 Å². The van der Waals surface area contributed by atoms with E-state index < -0.39 is 0 Å². The van der Waals surface area contributed by atoms with Gasteiger partial charge in [0.2, 0.25) is 0 Å². The molecule has 9 aromatic rings. The quantitative estimate of drug-likeness (QED) is 0.157. The van der Waals surface area contributed by atoms with E-state index in [1.165, 1.54) is 130 Å². The molecule has 4 heteroatoms. The molecule has 0 radical (unpaired) electrons. The molecule has 0 spiro atoms. The molecule has 0 amide bonds. The first-order valence-electron chi connectivity index (χ1n) is 21.6. The second-order valence-electron chi connectivity index (χ2n) is 17.4. The predicted octanol–water partition coefficient (Wildman–Crippen LogP) is 8.76. The number of para-hydroxylation sites is 2. The van der Waals surface area contributed by atoms with E-state index in [4.69, 9.17) is 0 Å². The van der Waals surface area contributed by atoms with Gasteiger partial charge in [0.25, 0.3) is 0 Å². The zero-order chi connectivity index (χ0) is 38.8. The van der Waals surface area contributed by atoms with Crippen molar-refractivity contribution in [3.8, 4) is 22.5 Å². The van der Waals surface area contributed by atoms with Gasteiger partial charge in [0, 0.05) is 0 Å². The van der Waals surface area contributed by atoms with E-state index in [9.17, 15) is 0 Å². The van der Waals surface area contributed by atoms with Gasteiger partial charge < -0.3 is 0 Å². The van der Waals surface area contributed by atoms with Crippen LogP contribution in [0, 0.1) is 0 Å². The molecular weight excluding hydrogens is 778 g/mol. The third kappa shape index (κ3) is 4.82. The normalized spacial score (nSPS) is 17.4. The first-order chi connectivity index (χ1) is 29.1. The number of hydrogen-bond acceptors (Lipinski definition) is 0. The summed E-state index contributed by atoms with van der Waals surface area (Å²) in [5, 5.41) is 2.86. The zero-order valence-corrected chi connectivity index (χ0v) is 35.1. The number of hydrogen-bond donors (Lipinski definition) is 0. The number of aryl methyl sites for hydroxylation is 2. The third-order valence-corrected chi connectivity index (χ3v) is 16.8. The predicted molar refractivity (Wildman–Crippen MR) is 249 cm³/mol. The molecule has 0 fully saturated rings. The first-order valence-corrected chi connectivity index (χ1v) is 23.4. The van der Waals surface area contributed by atoms with Gasteiger partial charge in [-0.15, -0.1) is 0 Å². The summed E-state index contributed by atoms with van der Waals surface area (Å²) in [6.45, 7) is 2.66. The maximum atomic E-state index is 2.67. The van der Waals surface area contributed by atoms with Gasteiger partial charge in [-0.2, -0.15) is 0 Å². The molecule has 2 aliphatic heterocycles. The van der Waals surface area contributed by atoms with E-state index in [0.717, 1.165) is 12.8 Å². The molecule has 0 saturated carbocycles. The molecule has 0 saturated heterocycles. The molecule has 2 aliphatic carbocycles. The summed E-state index contributed by atoms with van der Waals surface area (Å²) in [6, 6.07) is 60.9. The minimum absolute atomic E-state index is 0.100. The molecule has 0 N–H and O–H groups in total. The van der Waals surface area contributed by atoms with Crippen molar-refractivity contribution in [1.82, 2.24) is 9.13 Å². The summed E-state index contributed by atoms with van der Waals surface area (Å²) < 4.78 is 8.33. The summed E-state index contributed by atoms with van der Waals surface area (Å²) in [5.74, 6) is 0. The van der Waals surface area contributed by atoms with Crippen LogP contribution in [0.2, 0.25) is 0 Å². The van der Waals surface area contributed by atoms with Crippen LogP contribution in [0.15, 0.2) is 158 Å². The molecule has 1 atom stereocenters. The Morgan fingerprint density at radius 1 is 0.492 bits per heavy atom. The molecule has 282 valence electrons.